The third kappa shape index (κ3) is 9.27. The Balaban J connectivity index is 1.97. The van der Waals surface area contributed by atoms with Crippen molar-refractivity contribution in [3.63, 3.8) is 0 Å². The van der Waals surface area contributed by atoms with Gasteiger partial charge in [-0.25, -0.2) is 4.79 Å². The Morgan fingerprint density at radius 3 is 2.29 bits per heavy atom. The molecule has 2 rings (SSSR count). The largest absolute Gasteiger partial charge is 0.497 e. The highest BCUT2D eigenvalue weighted by atomic mass is 16.6. The third-order valence-corrected chi connectivity index (χ3v) is 4.99. The van der Waals surface area contributed by atoms with Gasteiger partial charge in [0.1, 0.15) is 17.4 Å². The van der Waals surface area contributed by atoms with Crippen LogP contribution < -0.4 is 20.7 Å². The van der Waals surface area contributed by atoms with Crippen LogP contribution >= 0.6 is 0 Å². The van der Waals surface area contributed by atoms with E-state index in [2.05, 4.69) is 16.0 Å². The van der Waals surface area contributed by atoms with E-state index in [1.54, 1.807) is 40.0 Å². The van der Waals surface area contributed by atoms with Crippen molar-refractivity contribution in [2.75, 3.05) is 7.11 Å². The number of hydrogen-bond donors (Lipinski definition) is 3. The molecular formula is C23H35N3O5. The third-order valence-electron chi connectivity index (χ3n) is 4.99. The monoisotopic (exact) mass is 433 g/mol. The maximum absolute atomic E-state index is 12.8. The molecule has 172 valence electrons. The normalized spacial score (nSPS) is 15.5. The molecule has 1 aliphatic rings. The van der Waals surface area contributed by atoms with Gasteiger partial charge < -0.3 is 25.4 Å². The van der Waals surface area contributed by atoms with E-state index in [1.165, 1.54) is 6.42 Å². The second-order valence-corrected chi connectivity index (χ2v) is 8.87. The Morgan fingerprint density at radius 2 is 1.71 bits per heavy atom. The van der Waals surface area contributed by atoms with Crippen molar-refractivity contribution in [1.29, 1.82) is 0 Å². The Labute approximate surface area is 184 Å². The van der Waals surface area contributed by atoms with Crippen LogP contribution in [0.4, 0.5) is 4.79 Å². The van der Waals surface area contributed by atoms with Crippen LogP contribution in [0.5, 0.6) is 5.75 Å². The molecule has 0 unspecified atom stereocenters. The van der Waals surface area contributed by atoms with Crippen LogP contribution in [0.3, 0.4) is 0 Å². The summed E-state index contributed by atoms with van der Waals surface area (Å²) in [6, 6.07) is 6.38. The van der Waals surface area contributed by atoms with Gasteiger partial charge in [0, 0.05) is 12.6 Å². The molecule has 1 aliphatic carbocycles. The minimum atomic E-state index is -1.03. The number of methoxy groups -OCH3 is 1. The van der Waals surface area contributed by atoms with E-state index in [-0.39, 0.29) is 24.9 Å². The van der Waals surface area contributed by atoms with Gasteiger partial charge in [-0.3, -0.25) is 9.59 Å². The van der Waals surface area contributed by atoms with Crippen LogP contribution in [-0.2, 0) is 20.9 Å². The quantitative estimate of drug-likeness (QED) is 0.584. The fraction of sp³-hybridized carbons (Fsp3) is 0.609. The van der Waals surface area contributed by atoms with E-state index in [4.69, 9.17) is 9.47 Å². The van der Waals surface area contributed by atoms with Crippen molar-refractivity contribution in [2.24, 2.45) is 0 Å². The van der Waals surface area contributed by atoms with Gasteiger partial charge in [-0.15, -0.1) is 0 Å². The lowest BCUT2D eigenvalue weighted by Crippen LogP contribution is -2.50. The molecular weight excluding hydrogens is 398 g/mol. The first kappa shape index (κ1) is 24.5. The van der Waals surface area contributed by atoms with Gasteiger partial charge in [-0.2, -0.15) is 0 Å². The maximum atomic E-state index is 12.8. The van der Waals surface area contributed by atoms with Crippen molar-refractivity contribution < 1.29 is 23.9 Å². The summed E-state index contributed by atoms with van der Waals surface area (Å²) >= 11 is 0. The van der Waals surface area contributed by atoms with Crippen molar-refractivity contribution in [3.05, 3.63) is 29.8 Å². The summed E-state index contributed by atoms with van der Waals surface area (Å²) in [6.07, 6.45) is 4.37. The minimum absolute atomic E-state index is 0.130. The Hall–Kier alpha value is -2.77. The zero-order valence-electron chi connectivity index (χ0n) is 19.0. The van der Waals surface area contributed by atoms with Crippen LogP contribution in [-0.4, -0.2) is 42.7 Å². The van der Waals surface area contributed by atoms with Crippen LogP contribution in [0.2, 0.25) is 0 Å². The molecule has 0 spiro atoms. The summed E-state index contributed by atoms with van der Waals surface area (Å²) in [5, 5.41) is 8.31. The van der Waals surface area contributed by atoms with Crippen LogP contribution in [0, 0.1) is 0 Å². The molecule has 31 heavy (non-hydrogen) atoms. The Kier molecular flexibility index (Phi) is 9.15. The second-order valence-electron chi connectivity index (χ2n) is 8.87. The molecule has 8 heteroatoms. The van der Waals surface area contributed by atoms with Crippen molar-refractivity contribution in [2.45, 2.75) is 83.5 Å². The fourth-order valence-corrected chi connectivity index (χ4v) is 3.43. The van der Waals surface area contributed by atoms with Gasteiger partial charge in [-0.1, -0.05) is 31.4 Å². The van der Waals surface area contributed by atoms with Gasteiger partial charge >= 0.3 is 6.09 Å². The highest BCUT2D eigenvalue weighted by Gasteiger charge is 2.27. The number of alkyl carbamates (subject to hydrolysis) is 1. The average molecular weight is 434 g/mol. The molecule has 0 radical (unpaired) electrons. The highest BCUT2D eigenvalue weighted by Crippen LogP contribution is 2.17. The van der Waals surface area contributed by atoms with E-state index in [9.17, 15) is 14.4 Å². The van der Waals surface area contributed by atoms with Crippen molar-refractivity contribution >= 4 is 17.9 Å². The topological polar surface area (TPSA) is 106 Å². The molecule has 1 aromatic rings. The second kappa shape index (κ2) is 11.6. The number of benzene rings is 1. The van der Waals surface area contributed by atoms with E-state index >= 15 is 0 Å². The number of carbonyl (C=O) groups is 3. The Bertz CT molecular complexity index is 737. The fourth-order valence-electron chi connectivity index (χ4n) is 3.43. The Morgan fingerprint density at radius 1 is 1.06 bits per heavy atom. The van der Waals surface area contributed by atoms with Crippen LogP contribution in [0.1, 0.15) is 64.9 Å². The molecule has 8 nitrogen and oxygen atoms in total. The summed E-state index contributed by atoms with van der Waals surface area (Å²) in [5.41, 5.74) is 0.162. The molecule has 3 amide bonds. The first-order valence-corrected chi connectivity index (χ1v) is 10.9. The van der Waals surface area contributed by atoms with E-state index in [0.717, 1.165) is 37.0 Å². The first-order valence-electron chi connectivity index (χ1n) is 10.9. The molecule has 1 atom stereocenters. The number of hydrogen-bond acceptors (Lipinski definition) is 5. The molecule has 0 saturated heterocycles. The van der Waals surface area contributed by atoms with Gasteiger partial charge in [0.2, 0.25) is 11.8 Å². The van der Waals surface area contributed by atoms with Crippen LogP contribution in [0.15, 0.2) is 24.3 Å². The van der Waals surface area contributed by atoms with Crippen LogP contribution in [0.25, 0.3) is 0 Å². The number of ether oxygens (including phenoxy) is 2. The van der Waals surface area contributed by atoms with Gasteiger partial charge in [0.15, 0.2) is 0 Å². The lowest BCUT2D eigenvalue weighted by Gasteiger charge is -2.25. The highest BCUT2D eigenvalue weighted by molar-refractivity contribution is 5.91. The lowest BCUT2D eigenvalue weighted by atomic mass is 9.95. The standard InChI is InChI=1S/C23H35N3O5/c1-23(2,3)31-22(29)26-19(14-20(27)25-17-8-6-5-7-9-17)21(28)24-15-16-10-12-18(30-4)13-11-16/h10-13,17,19H,5-9,14-15H2,1-4H3,(H,24,28)(H,25,27)(H,26,29)/t19-/m0/s1. The summed E-state index contributed by atoms with van der Waals surface area (Å²) in [4.78, 5) is 37.6. The zero-order valence-corrected chi connectivity index (χ0v) is 19.0. The molecule has 0 heterocycles. The van der Waals surface area contributed by atoms with E-state index in [1.807, 2.05) is 12.1 Å². The predicted molar refractivity (Wildman–Crippen MR) is 118 cm³/mol. The van der Waals surface area contributed by atoms with Gasteiger partial charge in [0.25, 0.3) is 0 Å². The summed E-state index contributed by atoms with van der Waals surface area (Å²) in [5.74, 6) is 0.0203. The molecule has 1 fully saturated rings. The lowest BCUT2D eigenvalue weighted by molar-refractivity contribution is -0.128. The molecule has 0 bridgehead atoms. The summed E-state index contributed by atoms with van der Waals surface area (Å²) in [7, 11) is 1.59. The number of rotatable bonds is 8. The van der Waals surface area contributed by atoms with Crippen molar-refractivity contribution in [1.82, 2.24) is 16.0 Å². The summed E-state index contributed by atoms with van der Waals surface area (Å²) < 4.78 is 10.4. The number of amides is 3. The van der Waals surface area contributed by atoms with E-state index in [0.29, 0.717) is 0 Å². The molecule has 3 N–H and O–H groups in total. The van der Waals surface area contributed by atoms with E-state index < -0.39 is 23.6 Å². The smallest absolute Gasteiger partial charge is 0.408 e. The molecule has 0 aromatic heterocycles. The zero-order chi connectivity index (χ0) is 22.9. The van der Waals surface area contributed by atoms with Gasteiger partial charge in [-0.05, 0) is 51.3 Å². The minimum Gasteiger partial charge on any atom is -0.497 e. The van der Waals surface area contributed by atoms with Crippen molar-refractivity contribution in [3.8, 4) is 5.75 Å². The summed E-state index contributed by atoms with van der Waals surface area (Å²) in [6.45, 7) is 5.48. The average Bonchev–Trinajstić information content (AvgIpc) is 2.71. The number of carbonyl (C=O) groups excluding carboxylic acids is 3. The predicted octanol–water partition coefficient (Wildman–Crippen LogP) is 3.04. The molecule has 1 saturated carbocycles. The maximum Gasteiger partial charge on any atom is 0.408 e. The number of nitrogens with one attached hydrogen (secondary N) is 3. The first-order chi connectivity index (χ1) is 14.7. The SMILES string of the molecule is COc1ccc(CNC(=O)[C@H](CC(=O)NC2CCCCC2)NC(=O)OC(C)(C)C)cc1. The molecule has 1 aromatic carbocycles. The molecule has 0 aliphatic heterocycles. The van der Waals surface area contributed by atoms with Gasteiger partial charge in [0.05, 0.1) is 13.5 Å².